The van der Waals surface area contributed by atoms with Crippen molar-refractivity contribution in [3.05, 3.63) is 12.2 Å². The zero-order valence-electron chi connectivity index (χ0n) is 12.2. The van der Waals surface area contributed by atoms with E-state index in [1.165, 1.54) is 0 Å². The second-order valence-electron chi connectivity index (χ2n) is 4.53. The summed E-state index contributed by atoms with van der Waals surface area (Å²) in [6, 6.07) is 0. The van der Waals surface area contributed by atoms with Crippen molar-refractivity contribution in [3.8, 4) is 0 Å². The molecule has 0 heterocycles. The monoisotopic (exact) mass is 430 g/mol. The summed E-state index contributed by atoms with van der Waals surface area (Å²) in [5.74, 6) is -17.1. The predicted molar refractivity (Wildman–Crippen MR) is 57.7 cm³/mol. The first kappa shape index (κ1) is 24.8. The van der Waals surface area contributed by atoms with E-state index >= 15 is 0 Å². The van der Waals surface area contributed by atoms with Crippen molar-refractivity contribution in [1.29, 1.82) is 0 Å². The lowest BCUT2D eigenvalue weighted by atomic mass is 10.2. The minimum Gasteiger partial charge on any atom is -0.415 e. The van der Waals surface area contributed by atoms with Gasteiger partial charge < -0.3 is 9.47 Å². The number of ether oxygens (including phenoxy) is 2. The number of hydrogen-bond acceptors (Lipinski definition) is 4. The summed E-state index contributed by atoms with van der Waals surface area (Å²) in [6.07, 6.45) is -24.9. The minimum absolute atomic E-state index is 1.73. The van der Waals surface area contributed by atoms with E-state index in [1.807, 2.05) is 0 Å². The van der Waals surface area contributed by atoms with Crippen LogP contribution in [0.25, 0.3) is 0 Å². The lowest BCUT2D eigenvalue weighted by molar-refractivity contribution is -0.356. The molecule has 0 saturated carbocycles. The molecule has 0 saturated heterocycles. The van der Waals surface area contributed by atoms with E-state index in [0.717, 1.165) is 0 Å². The van der Waals surface area contributed by atoms with Gasteiger partial charge in [0, 0.05) is 5.57 Å². The zero-order valence-corrected chi connectivity index (χ0v) is 12.2. The van der Waals surface area contributed by atoms with Crippen LogP contribution in [-0.2, 0) is 19.1 Å². The first-order valence-corrected chi connectivity index (χ1v) is 6.00. The van der Waals surface area contributed by atoms with Crippen LogP contribution in [0.4, 0.5) is 52.7 Å². The molecule has 0 aliphatic rings. The van der Waals surface area contributed by atoms with E-state index in [2.05, 4.69) is 16.1 Å². The fourth-order valence-corrected chi connectivity index (χ4v) is 1.11. The van der Waals surface area contributed by atoms with E-state index in [0.29, 0.717) is 0 Å². The number of esters is 2. The van der Waals surface area contributed by atoms with Gasteiger partial charge in [-0.15, -0.1) is 0 Å². The first-order chi connectivity index (χ1) is 11.8. The van der Waals surface area contributed by atoms with Gasteiger partial charge in [0.2, 0.25) is 0 Å². The van der Waals surface area contributed by atoms with Crippen molar-refractivity contribution in [1.82, 2.24) is 0 Å². The van der Waals surface area contributed by atoms with Crippen molar-refractivity contribution in [3.63, 3.8) is 0 Å². The third kappa shape index (κ3) is 5.41. The molecular weight excluding hydrogens is 424 g/mol. The Hall–Kier alpha value is -2.16. The fraction of sp³-hybridized carbons (Fsp3) is 0.636. The maximum atomic E-state index is 13.1. The van der Waals surface area contributed by atoms with E-state index in [4.69, 9.17) is 0 Å². The Labute approximate surface area is 140 Å². The molecule has 158 valence electrons. The first-order valence-electron chi connectivity index (χ1n) is 6.00. The van der Waals surface area contributed by atoms with E-state index < -0.39 is 60.8 Å². The van der Waals surface area contributed by atoms with E-state index in [1.54, 1.807) is 0 Å². The molecule has 2 unspecified atom stereocenters. The van der Waals surface area contributed by atoms with Crippen molar-refractivity contribution in [2.75, 3.05) is 0 Å². The second-order valence-corrected chi connectivity index (χ2v) is 4.53. The average Bonchev–Trinajstić information content (AvgIpc) is 2.43. The minimum atomic E-state index is -6.47. The predicted octanol–water partition coefficient (Wildman–Crippen LogP) is 4.01. The maximum absolute atomic E-state index is 13.1. The lowest BCUT2D eigenvalue weighted by Gasteiger charge is -2.27. The molecule has 0 spiro atoms. The van der Waals surface area contributed by atoms with Crippen LogP contribution in [0.15, 0.2) is 12.2 Å². The Morgan fingerprint density at radius 3 is 1.37 bits per heavy atom. The molecule has 0 N–H and O–H groups in total. The third-order valence-electron chi connectivity index (χ3n) is 2.48. The topological polar surface area (TPSA) is 52.6 Å². The molecule has 2 atom stereocenters. The van der Waals surface area contributed by atoms with Gasteiger partial charge in [0.1, 0.15) is 0 Å². The summed E-state index contributed by atoms with van der Waals surface area (Å²) in [5, 5.41) is 0. The Kier molecular flexibility index (Phi) is 7.21. The lowest BCUT2D eigenvalue weighted by Crippen LogP contribution is -2.51. The molecule has 0 aromatic heterocycles. The van der Waals surface area contributed by atoms with Crippen LogP contribution in [0.5, 0.6) is 0 Å². The Morgan fingerprint density at radius 2 is 1.07 bits per heavy atom. The quantitative estimate of drug-likeness (QED) is 0.348. The van der Waals surface area contributed by atoms with Gasteiger partial charge in [-0.1, -0.05) is 6.58 Å². The molecule has 0 amide bonds. The molecular formula is C11H6F12O4. The summed E-state index contributed by atoms with van der Waals surface area (Å²) in [5.41, 5.74) is -1.73. The highest BCUT2D eigenvalue weighted by Gasteiger charge is 2.68. The van der Waals surface area contributed by atoms with Crippen LogP contribution in [0, 0.1) is 0 Å². The number of alkyl halides is 12. The van der Waals surface area contributed by atoms with Crippen LogP contribution in [0.3, 0.4) is 0 Å². The van der Waals surface area contributed by atoms with Gasteiger partial charge in [0.05, 0.1) is 6.42 Å². The van der Waals surface area contributed by atoms with Gasteiger partial charge in [-0.3, -0.25) is 4.79 Å². The molecule has 4 nitrogen and oxygen atoms in total. The standard InChI is InChI=1S/C11H6F12O4/c1-3(5(25)27-9(17,7(14)15)11(21,22)23)2-4(24)26-8(16,6(12)13)10(18,19)20/h6-7H,1-2H2. The van der Waals surface area contributed by atoms with E-state index in [9.17, 15) is 62.3 Å². The average molecular weight is 430 g/mol. The number of halogens is 12. The Balaban J connectivity index is 5.24. The van der Waals surface area contributed by atoms with Crippen LogP contribution >= 0.6 is 0 Å². The number of hydrogen-bond donors (Lipinski definition) is 0. The van der Waals surface area contributed by atoms with Gasteiger partial charge in [-0.2, -0.15) is 35.1 Å². The highest BCUT2D eigenvalue weighted by atomic mass is 19.4. The Morgan fingerprint density at radius 1 is 0.741 bits per heavy atom. The molecule has 0 radical (unpaired) electrons. The molecule has 0 rings (SSSR count). The highest BCUT2D eigenvalue weighted by molar-refractivity contribution is 5.93. The molecule has 0 fully saturated rings. The smallest absolute Gasteiger partial charge is 0.415 e. The second kappa shape index (κ2) is 7.84. The normalized spacial score (nSPS) is 17.3. The van der Waals surface area contributed by atoms with Crippen molar-refractivity contribution in [2.24, 2.45) is 0 Å². The molecule has 0 aliphatic carbocycles. The fourth-order valence-electron chi connectivity index (χ4n) is 1.11. The van der Waals surface area contributed by atoms with Gasteiger partial charge in [0.25, 0.3) is 0 Å². The molecule has 27 heavy (non-hydrogen) atoms. The van der Waals surface area contributed by atoms with Gasteiger partial charge in [-0.05, 0) is 0 Å². The molecule has 0 aliphatic heterocycles. The molecule has 0 bridgehead atoms. The summed E-state index contributed by atoms with van der Waals surface area (Å²) in [6.45, 7) is 2.41. The molecule has 0 aromatic carbocycles. The Bertz CT molecular complexity index is 583. The van der Waals surface area contributed by atoms with Gasteiger partial charge in [0.15, 0.2) is 0 Å². The molecule has 16 heteroatoms. The summed E-state index contributed by atoms with van der Waals surface area (Å²) in [7, 11) is 0. The summed E-state index contributed by atoms with van der Waals surface area (Å²) >= 11 is 0. The number of rotatable bonds is 7. The van der Waals surface area contributed by atoms with Crippen LogP contribution in [0.2, 0.25) is 0 Å². The maximum Gasteiger partial charge on any atom is 0.466 e. The van der Waals surface area contributed by atoms with Crippen LogP contribution in [0.1, 0.15) is 6.42 Å². The SMILES string of the molecule is C=C(CC(=O)OC(F)(C(F)F)C(F)(F)F)C(=O)OC(F)(C(F)F)C(F)(F)F. The largest absolute Gasteiger partial charge is 0.466 e. The summed E-state index contributed by atoms with van der Waals surface area (Å²) < 4.78 is 153. The van der Waals surface area contributed by atoms with Crippen molar-refractivity contribution >= 4 is 11.9 Å². The third-order valence-corrected chi connectivity index (χ3v) is 2.48. The zero-order chi connectivity index (χ0) is 22.0. The van der Waals surface area contributed by atoms with Gasteiger partial charge in [-0.25, -0.2) is 22.4 Å². The highest BCUT2D eigenvalue weighted by Crippen LogP contribution is 2.41. The molecule has 0 aromatic rings. The number of carbonyl (C=O) groups excluding carboxylic acids is 2. The van der Waals surface area contributed by atoms with Gasteiger partial charge >= 0.3 is 48.9 Å². The van der Waals surface area contributed by atoms with Crippen LogP contribution < -0.4 is 0 Å². The van der Waals surface area contributed by atoms with Crippen molar-refractivity contribution < 1.29 is 71.7 Å². The number of carbonyl (C=O) groups is 2. The summed E-state index contributed by atoms with van der Waals surface area (Å²) in [4.78, 5) is 22.1. The van der Waals surface area contributed by atoms with Crippen LogP contribution in [-0.4, -0.2) is 48.9 Å². The van der Waals surface area contributed by atoms with Crippen molar-refractivity contribution in [2.45, 2.75) is 43.3 Å². The van der Waals surface area contributed by atoms with E-state index in [-0.39, 0.29) is 0 Å².